The highest BCUT2D eigenvalue weighted by atomic mass is 35.5. The van der Waals surface area contributed by atoms with Gasteiger partial charge in [0, 0.05) is 6.54 Å². The van der Waals surface area contributed by atoms with Crippen LogP contribution in [0.3, 0.4) is 0 Å². The monoisotopic (exact) mass is 319 g/mol. The van der Waals surface area contributed by atoms with E-state index in [-0.39, 0.29) is 5.75 Å². The molecular weight excluding hydrogens is 312 g/mol. The smallest absolute Gasteiger partial charge is 0.165 e. The topological polar surface area (TPSA) is 32.3 Å². The summed E-state index contributed by atoms with van der Waals surface area (Å²) in [6, 6.07) is 7.28. The Morgan fingerprint density at radius 3 is 2.37 bits per heavy atom. The lowest BCUT2D eigenvalue weighted by molar-refractivity contribution is 0.432. The minimum Gasteiger partial charge on any atom is -0.505 e. The van der Waals surface area contributed by atoms with Crippen LogP contribution in [0, 0.1) is 5.82 Å². The first-order valence-corrected chi connectivity index (χ1v) is 6.46. The maximum absolute atomic E-state index is 13.2. The highest BCUT2D eigenvalue weighted by molar-refractivity contribution is 6.44. The number of nitrogens with one attached hydrogen (secondary N) is 1. The van der Waals surface area contributed by atoms with E-state index >= 15 is 0 Å². The molecule has 2 aromatic carbocycles. The third-order valence-electron chi connectivity index (χ3n) is 2.51. The first-order valence-electron chi connectivity index (χ1n) is 5.33. The van der Waals surface area contributed by atoms with Crippen LogP contribution in [0.15, 0.2) is 30.3 Å². The molecule has 0 aliphatic rings. The van der Waals surface area contributed by atoms with Crippen LogP contribution in [-0.4, -0.2) is 5.11 Å². The van der Waals surface area contributed by atoms with Gasteiger partial charge in [-0.25, -0.2) is 4.39 Å². The number of aromatic hydroxyl groups is 1. The fraction of sp³-hybridized carbons (Fsp3) is 0.0769. The SMILES string of the molecule is Oc1ccc(CNc2cc(Cl)c(Cl)cc2Cl)cc1F. The van der Waals surface area contributed by atoms with Gasteiger partial charge in [0.2, 0.25) is 0 Å². The van der Waals surface area contributed by atoms with E-state index in [9.17, 15) is 4.39 Å². The lowest BCUT2D eigenvalue weighted by Crippen LogP contribution is -2.00. The van der Waals surface area contributed by atoms with Gasteiger partial charge in [0.05, 0.1) is 20.8 Å². The number of phenolic OH excluding ortho intramolecular Hbond substituents is 1. The number of anilines is 1. The molecule has 0 aliphatic carbocycles. The van der Waals surface area contributed by atoms with Gasteiger partial charge in [0.15, 0.2) is 11.6 Å². The Kier molecular flexibility index (Phi) is 4.40. The zero-order valence-corrected chi connectivity index (χ0v) is 11.8. The van der Waals surface area contributed by atoms with Crippen LogP contribution in [0.5, 0.6) is 5.75 Å². The molecule has 0 heterocycles. The minimum absolute atomic E-state index is 0.342. The van der Waals surface area contributed by atoms with Gasteiger partial charge >= 0.3 is 0 Å². The van der Waals surface area contributed by atoms with Crippen LogP contribution in [0.1, 0.15) is 5.56 Å². The predicted molar refractivity (Wildman–Crippen MR) is 76.9 cm³/mol. The second-order valence-corrected chi connectivity index (χ2v) is 5.11. The molecular formula is C13H9Cl3FNO. The maximum Gasteiger partial charge on any atom is 0.165 e. The molecule has 0 aromatic heterocycles. The van der Waals surface area contributed by atoms with E-state index in [4.69, 9.17) is 39.9 Å². The van der Waals surface area contributed by atoms with Crippen molar-refractivity contribution >= 4 is 40.5 Å². The second kappa shape index (κ2) is 5.87. The molecule has 2 rings (SSSR count). The van der Waals surface area contributed by atoms with Gasteiger partial charge < -0.3 is 10.4 Å². The molecule has 0 spiro atoms. The normalized spacial score (nSPS) is 10.5. The van der Waals surface area contributed by atoms with Gasteiger partial charge in [-0.2, -0.15) is 0 Å². The Morgan fingerprint density at radius 1 is 1.00 bits per heavy atom. The van der Waals surface area contributed by atoms with Crippen LogP contribution in [0.2, 0.25) is 15.1 Å². The molecule has 0 unspecified atom stereocenters. The summed E-state index contributed by atoms with van der Waals surface area (Å²) in [5.41, 5.74) is 1.27. The Hall–Kier alpha value is -1.16. The molecule has 6 heteroatoms. The largest absolute Gasteiger partial charge is 0.505 e. The van der Waals surface area contributed by atoms with E-state index in [1.165, 1.54) is 18.2 Å². The highest BCUT2D eigenvalue weighted by Crippen LogP contribution is 2.32. The lowest BCUT2D eigenvalue weighted by atomic mass is 10.2. The van der Waals surface area contributed by atoms with Gasteiger partial charge in [-0.15, -0.1) is 0 Å². The molecule has 0 amide bonds. The standard InChI is InChI=1S/C13H9Cl3FNO/c14-8-4-10(16)12(5-9(8)15)18-6-7-1-2-13(19)11(17)3-7/h1-5,18-19H,6H2. The van der Waals surface area contributed by atoms with Crippen molar-refractivity contribution in [2.75, 3.05) is 5.32 Å². The molecule has 0 fully saturated rings. The quantitative estimate of drug-likeness (QED) is 0.771. The summed E-state index contributed by atoms with van der Waals surface area (Å²) in [6.07, 6.45) is 0. The molecule has 100 valence electrons. The van der Waals surface area contributed by atoms with Crippen LogP contribution >= 0.6 is 34.8 Å². The number of phenols is 1. The number of benzene rings is 2. The predicted octanol–water partition coefficient (Wildman–Crippen LogP) is 5.10. The van der Waals surface area contributed by atoms with Crippen molar-refractivity contribution in [2.45, 2.75) is 6.54 Å². The fourth-order valence-corrected chi connectivity index (χ4v) is 2.13. The molecule has 0 saturated carbocycles. The third-order valence-corrected chi connectivity index (χ3v) is 3.54. The van der Waals surface area contributed by atoms with Crippen molar-refractivity contribution in [3.63, 3.8) is 0 Å². The first kappa shape index (κ1) is 14.3. The third kappa shape index (κ3) is 3.44. The zero-order valence-electron chi connectivity index (χ0n) is 9.55. The lowest BCUT2D eigenvalue weighted by Gasteiger charge is -2.10. The van der Waals surface area contributed by atoms with Gasteiger partial charge in [-0.05, 0) is 29.8 Å². The second-order valence-electron chi connectivity index (χ2n) is 3.89. The number of rotatable bonds is 3. The van der Waals surface area contributed by atoms with E-state index in [1.54, 1.807) is 12.1 Å². The van der Waals surface area contributed by atoms with Crippen LogP contribution in [0.25, 0.3) is 0 Å². The minimum atomic E-state index is -0.667. The Balaban J connectivity index is 2.14. The number of hydrogen-bond acceptors (Lipinski definition) is 2. The average molecular weight is 321 g/mol. The van der Waals surface area contributed by atoms with Gasteiger partial charge in [-0.3, -0.25) is 0 Å². The summed E-state index contributed by atoms with van der Waals surface area (Å²) in [6.45, 7) is 0.342. The molecule has 19 heavy (non-hydrogen) atoms. The van der Waals surface area contributed by atoms with Crippen molar-refractivity contribution in [1.29, 1.82) is 0 Å². The van der Waals surface area contributed by atoms with Crippen molar-refractivity contribution in [3.8, 4) is 5.75 Å². The summed E-state index contributed by atoms with van der Waals surface area (Å²) in [5.74, 6) is -1.05. The zero-order chi connectivity index (χ0) is 14.0. The van der Waals surface area contributed by atoms with Crippen LogP contribution in [0.4, 0.5) is 10.1 Å². The summed E-state index contributed by atoms with van der Waals surface area (Å²) in [5, 5.41) is 13.3. The molecule has 0 atom stereocenters. The van der Waals surface area contributed by atoms with Gasteiger partial charge in [-0.1, -0.05) is 40.9 Å². The van der Waals surface area contributed by atoms with E-state index in [2.05, 4.69) is 5.32 Å². The Labute approximate surface area is 124 Å². The Morgan fingerprint density at radius 2 is 1.68 bits per heavy atom. The molecule has 0 radical (unpaired) electrons. The van der Waals surface area contributed by atoms with Gasteiger partial charge in [0.25, 0.3) is 0 Å². The summed E-state index contributed by atoms with van der Waals surface area (Å²) >= 11 is 17.7. The maximum atomic E-state index is 13.2. The van der Waals surface area contributed by atoms with Crippen LogP contribution < -0.4 is 5.32 Å². The molecule has 2 nitrogen and oxygen atoms in total. The molecule has 2 aromatic rings. The van der Waals surface area contributed by atoms with Crippen molar-refractivity contribution in [1.82, 2.24) is 0 Å². The van der Waals surface area contributed by atoms with E-state index in [1.807, 2.05) is 0 Å². The van der Waals surface area contributed by atoms with Crippen molar-refractivity contribution in [2.24, 2.45) is 0 Å². The molecule has 0 bridgehead atoms. The Bertz CT molecular complexity index is 619. The van der Waals surface area contributed by atoms with Gasteiger partial charge in [0.1, 0.15) is 0 Å². The molecule has 0 saturated heterocycles. The fourth-order valence-electron chi connectivity index (χ4n) is 1.52. The number of hydrogen-bond donors (Lipinski definition) is 2. The summed E-state index contributed by atoms with van der Waals surface area (Å²) in [4.78, 5) is 0. The summed E-state index contributed by atoms with van der Waals surface area (Å²) < 4.78 is 13.2. The number of halogens is 4. The molecule has 2 N–H and O–H groups in total. The first-order chi connectivity index (χ1) is 8.97. The molecule has 0 aliphatic heterocycles. The van der Waals surface area contributed by atoms with Crippen LogP contribution in [-0.2, 0) is 6.54 Å². The summed E-state index contributed by atoms with van der Waals surface area (Å²) in [7, 11) is 0. The van der Waals surface area contributed by atoms with E-state index in [0.717, 1.165) is 0 Å². The average Bonchev–Trinajstić information content (AvgIpc) is 2.36. The van der Waals surface area contributed by atoms with Crippen molar-refractivity contribution in [3.05, 3.63) is 56.8 Å². The van der Waals surface area contributed by atoms with Crippen molar-refractivity contribution < 1.29 is 9.50 Å². The highest BCUT2D eigenvalue weighted by Gasteiger charge is 2.06. The van der Waals surface area contributed by atoms with E-state index in [0.29, 0.717) is 32.9 Å². The van der Waals surface area contributed by atoms with E-state index < -0.39 is 5.82 Å².